The maximum absolute atomic E-state index is 3.41. The molecule has 0 unspecified atom stereocenters. The van der Waals surface area contributed by atoms with E-state index in [-0.39, 0.29) is 0 Å². The third kappa shape index (κ3) is 3.68. The molecule has 0 bridgehead atoms. The van der Waals surface area contributed by atoms with Crippen molar-refractivity contribution in [3.8, 4) is 0 Å². The summed E-state index contributed by atoms with van der Waals surface area (Å²) in [6.45, 7) is 10.6. The van der Waals surface area contributed by atoms with Gasteiger partial charge in [0.25, 0.3) is 0 Å². The zero-order chi connectivity index (χ0) is 10.2. The van der Waals surface area contributed by atoms with E-state index in [4.69, 9.17) is 0 Å². The summed E-state index contributed by atoms with van der Waals surface area (Å²) < 4.78 is 0. The molecule has 1 aliphatic carbocycles. The molecule has 1 N–H and O–H groups in total. The van der Waals surface area contributed by atoms with Crippen LogP contribution in [-0.4, -0.2) is 13.1 Å². The van der Waals surface area contributed by atoms with Gasteiger partial charge in [-0.2, -0.15) is 0 Å². The van der Waals surface area contributed by atoms with E-state index in [0.29, 0.717) is 0 Å². The van der Waals surface area contributed by atoms with Crippen LogP contribution in [0.2, 0.25) is 0 Å². The van der Waals surface area contributed by atoms with E-state index in [0.717, 1.165) is 5.41 Å². The Hall–Kier alpha value is -0.0400. The molecule has 0 atom stereocenters. The SMILES string of the molecule is C1CC2(C1)CCNCC2.CC.CC. The van der Waals surface area contributed by atoms with Crippen molar-refractivity contribution in [2.45, 2.75) is 59.8 Å². The number of piperidine rings is 1. The van der Waals surface area contributed by atoms with Crippen molar-refractivity contribution in [3.05, 3.63) is 0 Å². The second-order valence-corrected chi connectivity index (χ2v) is 3.60. The van der Waals surface area contributed by atoms with Gasteiger partial charge in [0.05, 0.1) is 0 Å². The van der Waals surface area contributed by atoms with Crippen LogP contribution in [0, 0.1) is 5.41 Å². The number of hydrogen-bond acceptors (Lipinski definition) is 1. The molecule has 1 heteroatoms. The first-order valence-electron chi connectivity index (χ1n) is 6.12. The number of hydrogen-bond donors (Lipinski definition) is 1. The second kappa shape index (κ2) is 7.37. The molecule has 1 nitrogen and oxygen atoms in total. The molecule has 0 aromatic rings. The van der Waals surface area contributed by atoms with Crippen molar-refractivity contribution in [2.24, 2.45) is 5.41 Å². The van der Waals surface area contributed by atoms with E-state index < -0.39 is 0 Å². The van der Waals surface area contributed by atoms with Gasteiger partial charge in [0.15, 0.2) is 0 Å². The van der Waals surface area contributed by atoms with Gasteiger partial charge in [0.1, 0.15) is 0 Å². The van der Waals surface area contributed by atoms with E-state index in [9.17, 15) is 0 Å². The van der Waals surface area contributed by atoms with Crippen LogP contribution >= 0.6 is 0 Å². The summed E-state index contributed by atoms with van der Waals surface area (Å²) in [6.07, 6.45) is 7.45. The van der Waals surface area contributed by atoms with E-state index in [1.54, 1.807) is 0 Å². The molecule has 80 valence electrons. The van der Waals surface area contributed by atoms with Crippen LogP contribution in [0.15, 0.2) is 0 Å². The maximum Gasteiger partial charge on any atom is -0.00436 e. The van der Waals surface area contributed by atoms with Gasteiger partial charge in [-0.1, -0.05) is 34.1 Å². The predicted octanol–water partition coefficient (Wildman–Crippen LogP) is 3.59. The molecule has 0 aromatic heterocycles. The molecule has 13 heavy (non-hydrogen) atoms. The Bertz CT molecular complexity index is 97.7. The molecular formula is C12H27N. The van der Waals surface area contributed by atoms with Gasteiger partial charge in [-0.05, 0) is 44.2 Å². The Balaban J connectivity index is 0.000000322. The lowest BCUT2D eigenvalue weighted by molar-refractivity contribution is 0.0864. The van der Waals surface area contributed by atoms with Gasteiger partial charge in [0, 0.05) is 0 Å². The smallest absolute Gasteiger partial charge is 0.00436 e. The van der Waals surface area contributed by atoms with Gasteiger partial charge in [0.2, 0.25) is 0 Å². The van der Waals surface area contributed by atoms with E-state index >= 15 is 0 Å². The Labute approximate surface area is 84.3 Å². The highest BCUT2D eigenvalue weighted by Gasteiger charge is 2.37. The quantitative estimate of drug-likeness (QED) is 0.608. The Morgan fingerprint density at radius 2 is 1.23 bits per heavy atom. The highest BCUT2D eigenvalue weighted by molar-refractivity contribution is 4.90. The molecular weight excluding hydrogens is 158 g/mol. The summed E-state index contributed by atoms with van der Waals surface area (Å²) in [4.78, 5) is 0. The summed E-state index contributed by atoms with van der Waals surface area (Å²) in [5.74, 6) is 0. The van der Waals surface area contributed by atoms with Gasteiger partial charge in [-0.3, -0.25) is 0 Å². The summed E-state index contributed by atoms with van der Waals surface area (Å²) in [7, 11) is 0. The van der Waals surface area contributed by atoms with Crippen LogP contribution in [-0.2, 0) is 0 Å². The topological polar surface area (TPSA) is 12.0 Å². The minimum atomic E-state index is 0.839. The van der Waals surface area contributed by atoms with Crippen LogP contribution in [0.1, 0.15) is 59.8 Å². The van der Waals surface area contributed by atoms with Gasteiger partial charge in [-0.25, -0.2) is 0 Å². The molecule has 0 aromatic carbocycles. The average Bonchev–Trinajstić information content (AvgIpc) is 2.23. The molecule has 1 heterocycles. The van der Waals surface area contributed by atoms with Crippen molar-refractivity contribution in [2.75, 3.05) is 13.1 Å². The fourth-order valence-corrected chi connectivity index (χ4v) is 2.13. The predicted molar refractivity (Wildman–Crippen MR) is 61.1 cm³/mol. The first-order chi connectivity index (χ1) is 6.41. The van der Waals surface area contributed by atoms with Crippen molar-refractivity contribution in [1.29, 1.82) is 0 Å². The summed E-state index contributed by atoms with van der Waals surface area (Å²) in [6, 6.07) is 0. The van der Waals surface area contributed by atoms with Crippen molar-refractivity contribution >= 4 is 0 Å². The lowest BCUT2D eigenvalue weighted by Crippen LogP contribution is -2.40. The third-order valence-electron chi connectivity index (χ3n) is 3.08. The molecule has 2 aliphatic rings. The van der Waals surface area contributed by atoms with Crippen molar-refractivity contribution in [3.63, 3.8) is 0 Å². The largest absolute Gasteiger partial charge is 0.317 e. The average molecular weight is 185 g/mol. The van der Waals surface area contributed by atoms with Gasteiger partial charge >= 0.3 is 0 Å². The lowest BCUT2D eigenvalue weighted by atomic mass is 9.63. The Morgan fingerprint density at radius 1 is 0.769 bits per heavy atom. The molecule has 1 spiro atoms. The second-order valence-electron chi connectivity index (χ2n) is 3.60. The summed E-state index contributed by atoms with van der Waals surface area (Å²) in [5, 5.41) is 3.41. The van der Waals surface area contributed by atoms with Gasteiger partial charge < -0.3 is 5.32 Å². The standard InChI is InChI=1S/C8H15N.2C2H6/c1-2-8(3-1)4-6-9-7-5-8;2*1-2/h9H,1-7H2;2*1-2H3. The summed E-state index contributed by atoms with van der Waals surface area (Å²) >= 11 is 0. The fourth-order valence-electron chi connectivity index (χ4n) is 2.13. The lowest BCUT2D eigenvalue weighted by Gasteiger charge is -2.45. The molecule has 2 fully saturated rings. The van der Waals surface area contributed by atoms with Crippen molar-refractivity contribution in [1.82, 2.24) is 5.32 Å². The monoisotopic (exact) mass is 185 g/mol. The minimum Gasteiger partial charge on any atom is -0.317 e. The Morgan fingerprint density at radius 3 is 1.46 bits per heavy atom. The molecule has 2 rings (SSSR count). The molecule has 0 amide bonds. The zero-order valence-corrected chi connectivity index (χ0v) is 9.95. The van der Waals surface area contributed by atoms with Crippen LogP contribution in [0.25, 0.3) is 0 Å². The molecule has 1 aliphatic heterocycles. The van der Waals surface area contributed by atoms with Crippen LogP contribution in [0.4, 0.5) is 0 Å². The fraction of sp³-hybridized carbons (Fsp3) is 1.00. The van der Waals surface area contributed by atoms with Crippen molar-refractivity contribution < 1.29 is 0 Å². The normalized spacial score (nSPS) is 23.1. The third-order valence-corrected chi connectivity index (χ3v) is 3.08. The number of rotatable bonds is 0. The molecule has 1 saturated carbocycles. The van der Waals surface area contributed by atoms with Crippen LogP contribution in [0.3, 0.4) is 0 Å². The first kappa shape index (κ1) is 13.0. The maximum atomic E-state index is 3.41. The van der Waals surface area contributed by atoms with E-state index in [2.05, 4.69) is 5.32 Å². The van der Waals surface area contributed by atoms with E-state index in [1.165, 1.54) is 45.2 Å². The molecule has 0 radical (unpaired) electrons. The Kier molecular flexibility index (Phi) is 7.35. The summed E-state index contributed by atoms with van der Waals surface area (Å²) in [5.41, 5.74) is 0.839. The number of nitrogens with one attached hydrogen (secondary N) is 1. The van der Waals surface area contributed by atoms with Gasteiger partial charge in [-0.15, -0.1) is 0 Å². The van der Waals surface area contributed by atoms with Crippen LogP contribution < -0.4 is 5.32 Å². The molecule has 1 saturated heterocycles. The van der Waals surface area contributed by atoms with Crippen LogP contribution in [0.5, 0.6) is 0 Å². The van der Waals surface area contributed by atoms with E-state index in [1.807, 2.05) is 27.7 Å². The highest BCUT2D eigenvalue weighted by Crippen LogP contribution is 2.47. The minimum absolute atomic E-state index is 0.839. The zero-order valence-electron chi connectivity index (χ0n) is 9.95. The first-order valence-corrected chi connectivity index (χ1v) is 6.12. The highest BCUT2D eigenvalue weighted by atomic mass is 14.9.